The molecule has 0 atom stereocenters. The topological polar surface area (TPSA) is 54.4 Å². The monoisotopic (exact) mass is 252 g/mol. The van der Waals surface area contributed by atoms with E-state index in [1.54, 1.807) is 0 Å². The highest BCUT2D eigenvalue weighted by Gasteiger charge is 2.06. The third-order valence-corrected chi connectivity index (χ3v) is 2.54. The van der Waals surface area contributed by atoms with Crippen molar-refractivity contribution in [2.75, 3.05) is 5.88 Å². The molecule has 0 bridgehead atoms. The summed E-state index contributed by atoms with van der Waals surface area (Å²) < 4.78 is 0. The van der Waals surface area contributed by atoms with Gasteiger partial charge in [-0.3, -0.25) is 4.79 Å². The number of carbonyl (C=O) groups is 2. The number of halogens is 1. The van der Waals surface area contributed by atoms with Crippen LogP contribution in [0.2, 0.25) is 0 Å². The van der Waals surface area contributed by atoms with Gasteiger partial charge >= 0.3 is 5.97 Å². The highest BCUT2D eigenvalue weighted by molar-refractivity contribution is 6.27. The van der Waals surface area contributed by atoms with E-state index in [2.05, 4.69) is 0 Å². The van der Waals surface area contributed by atoms with Crippen molar-refractivity contribution >= 4 is 29.4 Å². The highest BCUT2D eigenvalue weighted by atomic mass is 35.5. The second kappa shape index (κ2) is 6.21. The number of carbonyl (C=O) groups excluding carboxylic acids is 1. The van der Waals surface area contributed by atoms with E-state index in [4.69, 9.17) is 16.7 Å². The van der Waals surface area contributed by atoms with Crippen molar-refractivity contribution in [2.24, 2.45) is 0 Å². The molecule has 0 aliphatic carbocycles. The summed E-state index contributed by atoms with van der Waals surface area (Å²) in [6, 6.07) is 5.55. The third kappa shape index (κ3) is 4.41. The molecule has 0 fully saturated rings. The minimum absolute atomic E-state index is 0.0318. The number of carboxylic acids is 1. The largest absolute Gasteiger partial charge is 0.478 e. The van der Waals surface area contributed by atoms with Crippen molar-refractivity contribution < 1.29 is 14.7 Å². The summed E-state index contributed by atoms with van der Waals surface area (Å²) in [6.45, 7) is 1.91. The SMILES string of the molecule is Cc1ccc(CC(=O)CCl)c(/C=C/C(=O)O)c1. The van der Waals surface area contributed by atoms with Crippen LogP contribution in [0.15, 0.2) is 24.3 Å². The Bertz CT molecular complexity index is 464. The van der Waals surface area contributed by atoms with E-state index in [1.165, 1.54) is 6.08 Å². The molecule has 0 heterocycles. The zero-order valence-electron chi connectivity index (χ0n) is 9.44. The summed E-state index contributed by atoms with van der Waals surface area (Å²) in [5, 5.41) is 8.59. The van der Waals surface area contributed by atoms with E-state index < -0.39 is 5.97 Å². The molecule has 17 heavy (non-hydrogen) atoms. The predicted molar refractivity (Wildman–Crippen MR) is 67.3 cm³/mol. The fraction of sp³-hybridized carbons (Fsp3) is 0.231. The Morgan fingerprint density at radius 2 is 2.12 bits per heavy atom. The third-order valence-electron chi connectivity index (χ3n) is 2.24. The molecule has 0 aliphatic rings. The molecule has 1 rings (SSSR count). The van der Waals surface area contributed by atoms with Crippen LogP contribution in [0.25, 0.3) is 6.08 Å². The molecule has 0 radical (unpaired) electrons. The van der Waals surface area contributed by atoms with Crippen LogP contribution in [0, 0.1) is 6.92 Å². The lowest BCUT2D eigenvalue weighted by molar-refractivity contribution is -0.131. The summed E-state index contributed by atoms with van der Waals surface area (Å²) in [7, 11) is 0. The van der Waals surface area contributed by atoms with Gasteiger partial charge in [0.2, 0.25) is 0 Å². The van der Waals surface area contributed by atoms with Gasteiger partial charge in [-0.1, -0.05) is 23.8 Å². The second-order valence-corrected chi connectivity index (χ2v) is 3.99. The molecule has 0 saturated carbocycles. The van der Waals surface area contributed by atoms with Gasteiger partial charge in [0.05, 0.1) is 5.88 Å². The number of carboxylic acid groups (broad SMARTS) is 1. The normalized spacial score (nSPS) is 10.7. The number of aliphatic carboxylic acids is 1. The van der Waals surface area contributed by atoms with Gasteiger partial charge in [0.15, 0.2) is 5.78 Å². The molecule has 0 spiro atoms. The molecule has 0 amide bonds. The number of hydrogen-bond donors (Lipinski definition) is 1. The van der Waals surface area contributed by atoms with Gasteiger partial charge in [-0.15, -0.1) is 11.6 Å². The van der Waals surface area contributed by atoms with E-state index in [9.17, 15) is 9.59 Å². The Morgan fingerprint density at radius 3 is 2.71 bits per heavy atom. The van der Waals surface area contributed by atoms with Gasteiger partial charge in [0, 0.05) is 12.5 Å². The number of alkyl halides is 1. The molecular formula is C13H13ClO3. The van der Waals surface area contributed by atoms with Gasteiger partial charge in [-0.2, -0.15) is 0 Å². The molecular weight excluding hydrogens is 240 g/mol. The van der Waals surface area contributed by atoms with Crippen molar-refractivity contribution in [3.8, 4) is 0 Å². The number of hydrogen-bond acceptors (Lipinski definition) is 2. The van der Waals surface area contributed by atoms with E-state index >= 15 is 0 Å². The average molecular weight is 253 g/mol. The lowest BCUT2D eigenvalue weighted by Crippen LogP contribution is -2.05. The molecule has 4 heteroatoms. The number of aryl methyl sites for hydroxylation is 1. The molecule has 3 nitrogen and oxygen atoms in total. The van der Waals surface area contributed by atoms with Crippen LogP contribution in [-0.2, 0) is 16.0 Å². The molecule has 0 aliphatic heterocycles. The Kier molecular flexibility index (Phi) is 4.91. The lowest BCUT2D eigenvalue weighted by atomic mass is 10.00. The smallest absolute Gasteiger partial charge is 0.328 e. The van der Waals surface area contributed by atoms with Crippen molar-refractivity contribution in [1.29, 1.82) is 0 Å². The summed E-state index contributed by atoms with van der Waals surface area (Å²) in [5.74, 6) is -1.13. The summed E-state index contributed by atoms with van der Waals surface area (Å²) in [4.78, 5) is 21.8. The fourth-order valence-electron chi connectivity index (χ4n) is 1.45. The number of rotatable bonds is 5. The maximum atomic E-state index is 11.3. The van der Waals surface area contributed by atoms with Gasteiger partial charge in [0.1, 0.15) is 0 Å². The van der Waals surface area contributed by atoms with E-state index in [1.807, 2.05) is 25.1 Å². The first-order valence-electron chi connectivity index (χ1n) is 5.11. The van der Waals surface area contributed by atoms with Crippen LogP contribution in [0.5, 0.6) is 0 Å². The fourth-order valence-corrected chi connectivity index (χ4v) is 1.55. The standard InChI is InChI=1S/C13H13ClO3/c1-9-2-3-11(7-12(15)8-14)10(6-9)4-5-13(16)17/h2-6H,7-8H2,1H3,(H,16,17)/b5-4+. The number of benzene rings is 1. The molecule has 90 valence electrons. The maximum Gasteiger partial charge on any atom is 0.328 e. The van der Waals surface area contributed by atoms with E-state index in [0.29, 0.717) is 0 Å². The Hall–Kier alpha value is -1.61. The van der Waals surface area contributed by atoms with Crippen LogP contribution in [0.1, 0.15) is 16.7 Å². The van der Waals surface area contributed by atoms with Gasteiger partial charge < -0.3 is 5.11 Å². The number of Topliss-reactive ketones (excluding diaryl/α,β-unsaturated/α-hetero) is 1. The van der Waals surface area contributed by atoms with Crippen molar-refractivity contribution in [3.05, 3.63) is 41.0 Å². The number of ketones is 1. The van der Waals surface area contributed by atoms with Crippen LogP contribution in [-0.4, -0.2) is 22.7 Å². The van der Waals surface area contributed by atoms with Crippen LogP contribution in [0.3, 0.4) is 0 Å². The minimum atomic E-state index is -1.01. The molecule has 0 unspecified atom stereocenters. The van der Waals surface area contributed by atoms with Crippen molar-refractivity contribution in [3.63, 3.8) is 0 Å². The maximum absolute atomic E-state index is 11.3. The van der Waals surface area contributed by atoms with Crippen LogP contribution >= 0.6 is 11.6 Å². The van der Waals surface area contributed by atoms with Crippen molar-refractivity contribution in [1.82, 2.24) is 0 Å². The quantitative estimate of drug-likeness (QED) is 0.647. The van der Waals surface area contributed by atoms with Gasteiger partial charge in [0.25, 0.3) is 0 Å². The Morgan fingerprint density at radius 1 is 1.41 bits per heavy atom. The summed E-state index contributed by atoms with van der Waals surface area (Å²) in [6.07, 6.45) is 2.78. The minimum Gasteiger partial charge on any atom is -0.478 e. The molecule has 1 N–H and O–H groups in total. The second-order valence-electron chi connectivity index (χ2n) is 3.72. The van der Waals surface area contributed by atoms with Crippen molar-refractivity contribution in [2.45, 2.75) is 13.3 Å². The van der Waals surface area contributed by atoms with E-state index in [0.717, 1.165) is 22.8 Å². The first-order chi connectivity index (χ1) is 8.02. The highest BCUT2D eigenvalue weighted by Crippen LogP contribution is 2.15. The first-order valence-corrected chi connectivity index (χ1v) is 5.64. The molecule has 0 saturated heterocycles. The predicted octanol–water partition coefficient (Wildman–Crippen LogP) is 2.44. The lowest BCUT2D eigenvalue weighted by Gasteiger charge is -2.05. The average Bonchev–Trinajstić information content (AvgIpc) is 2.29. The van der Waals surface area contributed by atoms with Crippen LogP contribution < -0.4 is 0 Å². The van der Waals surface area contributed by atoms with Gasteiger partial charge in [-0.05, 0) is 24.1 Å². The van der Waals surface area contributed by atoms with Gasteiger partial charge in [-0.25, -0.2) is 4.79 Å². The van der Waals surface area contributed by atoms with Crippen LogP contribution in [0.4, 0.5) is 0 Å². The first kappa shape index (κ1) is 13.5. The summed E-state index contributed by atoms with van der Waals surface area (Å²) in [5.41, 5.74) is 2.54. The Balaban J connectivity index is 3.03. The Labute approximate surface area is 105 Å². The molecule has 1 aromatic carbocycles. The summed E-state index contributed by atoms with van der Waals surface area (Å²) >= 11 is 5.45. The zero-order chi connectivity index (χ0) is 12.8. The zero-order valence-corrected chi connectivity index (χ0v) is 10.2. The molecule has 1 aromatic rings. The molecule has 0 aromatic heterocycles. The van der Waals surface area contributed by atoms with E-state index in [-0.39, 0.29) is 18.1 Å².